The summed E-state index contributed by atoms with van der Waals surface area (Å²) in [5.74, 6) is 0.766. The lowest BCUT2D eigenvalue weighted by Gasteiger charge is -2.35. The Bertz CT molecular complexity index is 1160. The van der Waals surface area contributed by atoms with Gasteiger partial charge in [-0.05, 0) is 18.1 Å². The predicted molar refractivity (Wildman–Crippen MR) is 119 cm³/mol. The van der Waals surface area contributed by atoms with Crippen molar-refractivity contribution in [1.29, 1.82) is 0 Å². The Hall–Kier alpha value is -2.58. The molecule has 0 bridgehead atoms. The minimum atomic E-state index is -0.441. The summed E-state index contributed by atoms with van der Waals surface area (Å²) in [7, 11) is 1.64. The van der Waals surface area contributed by atoms with Gasteiger partial charge in [0.2, 0.25) is 5.95 Å². The fourth-order valence-corrected chi connectivity index (χ4v) is 4.16. The van der Waals surface area contributed by atoms with E-state index in [4.69, 9.17) is 16.6 Å². The second-order valence-electron chi connectivity index (χ2n) is 7.76. The second-order valence-corrected chi connectivity index (χ2v) is 8.17. The molecule has 0 saturated carbocycles. The van der Waals surface area contributed by atoms with Crippen molar-refractivity contribution in [3.63, 3.8) is 0 Å². The molecular weight excluding hydrogens is 404 g/mol. The van der Waals surface area contributed by atoms with Crippen molar-refractivity contribution < 1.29 is 0 Å². The average Bonchev–Trinajstić information content (AvgIpc) is 3.13. The van der Waals surface area contributed by atoms with E-state index in [1.807, 2.05) is 22.8 Å². The van der Waals surface area contributed by atoms with Crippen LogP contribution in [0.2, 0.25) is 5.02 Å². The predicted octanol–water partition coefficient (Wildman–Crippen LogP) is 2.20. The van der Waals surface area contributed by atoms with E-state index < -0.39 is 5.69 Å². The minimum Gasteiger partial charge on any atom is -0.340 e. The summed E-state index contributed by atoms with van der Waals surface area (Å²) in [6.45, 7) is 6.97. The summed E-state index contributed by atoms with van der Waals surface area (Å²) in [6, 6.07) is 7.94. The lowest BCUT2D eigenvalue weighted by atomic mass is 10.2. The maximum Gasteiger partial charge on any atom is 0.329 e. The lowest BCUT2D eigenvalue weighted by molar-refractivity contribution is 0.248. The number of piperazine rings is 1. The number of rotatable bonds is 6. The topological polar surface area (TPSA) is 79.2 Å². The molecule has 0 atom stereocenters. The Morgan fingerprint density at radius 2 is 1.87 bits per heavy atom. The number of nitrogens with one attached hydrogen (secondary N) is 1. The molecule has 1 saturated heterocycles. The SMILES string of the molecule is CCCCn1c(N2CCN(Cc3ccccc3Cl)CC2)nc2c1c(=O)[nH]c(=O)n2C. The van der Waals surface area contributed by atoms with Crippen molar-refractivity contribution in [2.45, 2.75) is 32.9 Å². The Morgan fingerprint density at radius 3 is 2.57 bits per heavy atom. The third kappa shape index (κ3) is 3.89. The van der Waals surface area contributed by atoms with Crippen molar-refractivity contribution in [3.8, 4) is 0 Å². The van der Waals surface area contributed by atoms with E-state index in [1.54, 1.807) is 7.05 Å². The van der Waals surface area contributed by atoms with Crippen LogP contribution in [0.5, 0.6) is 0 Å². The molecule has 3 aromatic rings. The first-order valence-corrected chi connectivity index (χ1v) is 10.8. The maximum atomic E-state index is 12.6. The highest BCUT2D eigenvalue weighted by Crippen LogP contribution is 2.23. The molecule has 1 fully saturated rings. The second kappa shape index (κ2) is 8.65. The van der Waals surface area contributed by atoms with Crippen molar-refractivity contribution in [3.05, 3.63) is 55.7 Å². The molecule has 0 unspecified atom stereocenters. The van der Waals surface area contributed by atoms with Crippen molar-refractivity contribution in [2.75, 3.05) is 31.1 Å². The summed E-state index contributed by atoms with van der Waals surface area (Å²) in [5, 5.41) is 0.793. The number of hydrogen-bond acceptors (Lipinski definition) is 5. The van der Waals surface area contributed by atoms with Gasteiger partial charge in [-0.2, -0.15) is 4.98 Å². The van der Waals surface area contributed by atoms with Crippen LogP contribution in [0, 0.1) is 0 Å². The number of H-pyrrole nitrogens is 1. The number of benzene rings is 1. The van der Waals surface area contributed by atoms with Crippen molar-refractivity contribution in [1.82, 2.24) is 24.0 Å². The van der Waals surface area contributed by atoms with Crippen LogP contribution in [0.1, 0.15) is 25.3 Å². The first-order valence-electron chi connectivity index (χ1n) is 10.4. The molecule has 4 rings (SSSR count). The van der Waals surface area contributed by atoms with E-state index in [2.05, 4.69) is 27.8 Å². The third-order valence-electron chi connectivity index (χ3n) is 5.73. The number of nitrogens with zero attached hydrogens (tertiary/aromatic N) is 5. The van der Waals surface area contributed by atoms with E-state index in [0.717, 1.165) is 62.1 Å². The van der Waals surface area contributed by atoms with Gasteiger partial charge in [-0.15, -0.1) is 0 Å². The van der Waals surface area contributed by atoms with Gasteiger partial charge in [-0.3, -0.25) is 19.2 Å². The first-order chi connectivity index (χ1) is 14.5. The molecule has 9 heteroatoms. The smallest absolute Gasteiger partial charge is 0.329 e. The highest BCUT2D eigenvalue weighted by Gasteiger charge is 2.25. The van der Waals surface area contributed by atoms with Crippen LogP contribution >= 0.6 is 11.6 Å². The molecule has 0 amide bonds. The molecule has 160 valence electrons. The molecule has 0 spiro atoms. The van der Waals surface area contributed by atoms with E-state index in [-0.39, 0.29) is 5.56 Å². The van der Waals surface area contributed by atoms with E-state index >= 15 is 0 Å². The summed E-state index contributed by atoms with van der Waals surface area (Å²) in [5.41, 5.74) is 1.22. The molecule has 2 aromatic heterocycles. The van der Waals surface area contributed by atoms with Gasteiger partial charge in [0.05, 0.1) is 0 Å². The van der Waals surface area contributed by atoms with E-state index in [0.29, 0.717) is 17.7 Å². The zero-order chi connectivity index (χ0) is 21.3. The van der Waals surface area contributed by atoms with Crippen molar-refractivity contribution >= 4 is 28.7 Å². The van der Waals surface area contributed by atoms with Gasteiger partial charge in [0, 0.05) is 51.3 Å². The molecule has 30 heavy (non-hydrogen) atoms. The van der Waals surface area contributed by atoms with Gasteiger partial charge >= 0.3 is 5.69 Å². The third-order valence-corrected chi connectivity index (χ3v) is 6.10. The average molecular weight is 431 g/mol. The number of fused-ring (bicyclic) bond motifs is 1. The van der Waals surface area contributed by atoms with Crippen molar-refractivity contribution in [2.24, 2.45) is 7.05 Å². The number of unbranched alkanes of at least 4 members (excludes halogenated alkanes) is 1. The van der Waals surface area contributed by atoms with Gasteiger partial charge in [0.15, 0.2) is 11.2 Å². The maximum absolute atomic E-state index is 12.6. The molecule has 1 aromatic carbocycles. The highest BCUT2D eigenvalue weighted by atomic mass is 35.5. The Kier molecular flexibility index (Phi) is 5.97. The van der Waals surface area contributed by atoms with Crippen LogP contribution in [0.25, 0.3) is 11.2 Å². The van der Waals surface area contributed by atoms with Gasteiger partial charge in [0.25, 0.3) is 5.56 Å². The summed E-state index contributed by atoms with van der Waals surface area (Å²) >= 11 is 6.31. The van der Waals surface area contributed by atoms with Crippen LogP contribution in [0.15, 0.2) is 33.9 Å². The Labute approximate surface area is 179 Å². The van der Waals surface area contributed by atoms with Gasteiger partial charge in [-0.25, -0.2) is 4.79 Å². The van der Waals surface area contributed by atoms with Crippen LogP contribution in [0.3, 0.4) is 0 Å². The van der Waals surface area contributed by atoms with Crippen LogP contribution in [-0.2, 0) is 20.1 Å². The number of aryl methyl sites for hydroxylation is 2. The fraction of sp³-hybridized carbons (Fsp3) is 0.476. The molecule has 3 heterocycles. The molecule has 1 N–H and O–H groups in total. The quantitative estimate of drug-likeness (QED) is 0.648. The molecule has 8 nitrogen and oxygen atoms in total. The van der Waals surface area contributed by atoms with Crippen LogP contribution in [0.4, 0.5) is 5.95 Å². The molecular formula is C21H27ClN6O2. The molecule has 1 aliphatic heterocycles. The molecule has 0 radical (unpaired) electrons. The summed E-state index contributed by atoms with van der Waals surface area (Å²) in [6.07, 6.45) is 1.95. The number of aromatic amines is 1. The zero-order valence-electron chi connectivity index (χ0n) is 17.4. The fourth-order valence-electron chi connectivity index (χ4n) is 3.97. The summed E-state index contributed by atoms with van der Waals surface area (Å²) < 4.78 is 3.39. The largest absolute Gasteiger partial charge is 0.340 e. The standard InChI is InChI=1S/C21H27ClN6O2/c1-3-4-9-28-17-18(25(2)21(30)24-19(17)29)23-20(28)27-12-10-26(11-13-27)14-15-7-5-6-8-16(15)22/h5-8H,3-4,9-14H2,1-2H3,(H,24,29,30). The van der Waals surface area contributed by atoms with Crippen LogP contribution in [-0.4, -0.2) is 50.2 Å². The normalized spacial score (nSPS) is 15.2. The Morgan fingerprint density at radius 1 is 1.13 bits per heavy atom. The molecule has 0 aliphatic carbocycles. The monoisotopic (exact) mass is 430 g/mol. The van der Waals surface area contributed by atoms with E-state index in [9.17, 15) is 9.59 Å². The lowest BCUT2D eigenvalue weighted by Crippen LogP contribution is -2.47. The number of anilines is 1. The number of halogens is 1. The molecule has 1 aliphatic rings. The number of aromatic nitrogens is 4. The Balaban J connectivity index is 1.60. The minimum absolute atomic E-state index is 0.375. The first kappa shape index (κ1) is 20.7. The van der Waals surface area contributed by atoms with Gasteiger partial charge in [0.1, 0.15) is 0 Å². The van der Waals surface area contributed by atoms with E-state index in [1.165, 1.54) is 4.57 Å². The highest BCUT2D eigenvalue weighted by molar-refractivity contribution is 6.31. The van der Waals surface area contributed by atoms with Gasteiger partial charge in [-0.1, -0.05) is 43.1 Å². The van der Waals surface area contributed by atoms with Gasteiger partial charge < -0.3 is 9.47 Å². The van der Waals surface area contributed by atoms with Crippen LogP contribution < -0.4 is 16.1 Å². The number of imidazole rings is 1. The number of hydrogen-bond donors (Lipinski definition) is 1. The summed E-state index contributed by atoms with van der Waals surface area (Å²) in [4.78, 5) is 36.3. The zero-order valence-corrected chi connectivity index (χ0v) is 18.2.